The third-order valence-electron chi connectivity index (χ3n) is 5.98. The molecule has 0 spiro atoms. The van der Waals surface area contributed by atoms with Gasteiger partial charge in [0.2, 0.25) is 11.7 Å². The lowest BCUT2D eigenvalue weighted by molar-refractivity contribution is -0.137. The molecule has 1 aliphatic carbocycles. The fourth-order valence-electron chi connectivity index (χ4n) is 4.27. The highest BCUT2D eigenvalue weighted by Gasteiger charge is 2.32. The molecule has 0 N–H and O–H groups in total. The van der Waals surface area contributed by atoms with Crippen LogP contribution >= 0.6 is 0 Å². The molecule has 1 aliphatic heterocycles. The summed E-state index contributed by atoms with van der Waals surface area (Å²) in [5.74, 6) is 0.638. The van der Waals surface area contributed by atoms with Crippen molar-refractivity contribution in [3.05, 3.63) is 35.7 Å². The zero-order valence-electron chi connectivity index (χ0n) is 16.0. The highest BCUT2D eigenvalue weighted by Crippen LogP contribution is 2.32. The average Bonchev–Trinajstić information content (AvgIpc) is 3.39. The maximum Gasteiger partial charge on any atom is 0.416 e. The third-order valence-corrected chi connectivity index (χ3v) is 5.98. The van der Waals surface area contributed by atoms with Gasteiger partial charge in [0.1, 0.15) is 0 Å². The van der Waals surface area contributed by atoms with E-state index in [1.54, 1.807) is 6.07 Å². The summed E-state index contributed by atoms with van der Waals surface area (Å²) < 4.78 is 44.2. The Bertz CT molecular complexity index is 793. The van der Waals surface area contributed by atoms with Crippen molar-refractivity contribution in [3.8, 4) is 11.4 Å². The standard InChI is InChI=1S/C20H25F3N4O/c1-14(26-9-11-27(12-10-26)17-7-2-3-8-17)19-24-18(25-28-19)15-5-4-6-16(13-15)20(21,22)23/h4-6,13-14,17H,2-3,7-12H2,1H3. The van der Waals surface area contributed by atoms with Gasteiger partial charge < -0.3 is 4.52 Å². The van der Waals surface area contributed by atoms with E-state index >= 15 is 0 Å². The van der Waals surface area contributed by atoms with E-state index in [-0.39, 0.29) is 11.9 Å². The number of piperazine rings is 1. The molecule has 1 atom stereocenters. The summed E-state index contributed by atoms with van der Waals surface area (Å²) >= 11 is 0. The van der Waals surface area contributed by atoms with E-state index in [0.29, 0.717) is 11.5 Å². The van der Waals surface area contributed by atoms with E-state index < -0.39 is 11.7 Å². The van der Waals surface area contributed by atoms with Crippen LogP contribution in [-0.2, 0) is 6.18 Å². The number of alkyl halides is 3. The number of hydrogen-bond donors (Lipinski definition) is 0. The Balaban J connectivity index is 1.42. The van der Waals surface area contributed by atoms with E-state index in [9.17, 15) is 13.2 Å². The summed E-state index contributed by atoms with van der Waals surface area (Å²) in [5, 5.41) is 3.91. The number of benzene rings is 1. The van der Waals surface area contributed by atoms with Crippen molar-refractivity contribution in [2.75, 3.05) is 26.2 Å². The summed E-state index contributed by atoms with van der Waals surface area (Å²) in [7, 11) is 0. The zero-order chi connectivity index (χ0) is 19.7. The highest BCUT2D eigenvalue weighted by atomic mass is 19.4. The van der Waals surface area contributed by atoms with Crippen molar-refractivity contribution in [3.63, 3.8) is 0 Å². The Morgan fingerprint density at radius 3 is 2.50 bits per heavy atom. The van der Waals surface area contributed by atoms with Crippen molar-refractivity contribution in [1.29, 1.82) is 0 Å². The second-order valence-electron chi connectivity index (χ2n) is 7.72. The first-order valence-electron chi connectivity index (χ1n) is 9.91. The van der Waals surface area contributed by atoms with Gasteiger partial charge in [-0.25, -0.2) is 0 Å². The first-order valence-corrected chi connectivity index (χ1v) is 9.91. The second-order valence-corrected chi connectivity index (χ2v) is 7.72. The Morgan fingerprint density at radius 1 is 1.11 bits per heavy atom. The molecule has 152 valence electrons. The van der Waals surface area contributed by atoms with Crippen LogP contribution in [0.4, 0.5) is 13.2 Å². The van der Waals surface area contributed by atoms with Crippen LogP contribution in [-0.4, -0.2) is 52.2 Å². The maximum absolute atomic E-state index is 12.9. The van der Waals surface area contributed by atoms with Gasteiger partial charge in [0.05, 0.1) is 11.6 Å². The number of aromatic nitrogens is 2. The van der Waals surface area contributed by atoms with E-state index in [1.807, 2.05) is 6.92 Å². The molecule has 0 radical (unpaired) electrons. The molecule has 28 heavy (non-hydrogen) atoms. The smallest absolute Gasteiger partial charge is 0.337 e. The van der Waals surface area contributed by atoms with Gasteiger partial charge in [-0.15, -0.1) is 0 Å². The van der Waals surface area contributed by atoms with Crippen molar-refractivity contribution in [1.82, 2.24) is 19.9 Å². The van der Waals surface area contributed by atoms with Crippen LogP contribution < -0.4 is 0 Å². The summed E-state index contributed by atoms with van der Waals surface area (Å²) in [6.07, 6.45) is 0.886. The SMILES string of the molecule is CC(c1nc(-c2cccc(C(F)(F)F)c2)no1)N1CCN(C2CCCC2)CC1. The molecular weight excluding hydrogens is 369 g/mol. The normalized spacial score (nSPS) is 21.3. The molecule has 2 fully saturated rings. The van der Waals surface area contributed by atoms with Crippen LogP contribution in [0.3, 0.4) is 0 Å². The predicted octanol–water partition coefficient (Wildman–Crippen LogP) is 4.38. The lowest BCUT2D eigenvalue weighted by Gasteiger charge is -2.39. The molecule has 0 bridgehead atoms. The first kappa shape index (κ1) is 19.4. The topological polar surface area (TPSA) is 45.4 Å². The van der Waals surface area contributed by atoms with Crippen LogP contribution in [0.5, 0.6) is 0 Å². The molecule has 0 amide bonds. The van der Waals surface area contributed by atoms with Gasteiger partial charge in [-0.05, 0) is 31.9 Å². The van der Waals surface area contributed by atoms with Crippen molar-refractivity contribution >= 4 is 0 Å². The molecule has 1 saturated heterocycles. The molecular formula is C20H25F3N4O. The number of halogens is 3. The maximum atomic E-state index is 12.9. The largest absolute Gasteiger partial charge is 0.416 e. The molecule has 1 aromatic carbocycles. The van der Waals surface area contributed by atoms with E-state index in [2.05, 4.69) is 19.9 Å². The Kier molecular flexibility index (Phi) is 5.42. The number of rotatable bonds is 4. The van der Waals surface area contributed by atoms with Crippen LogP contribution in [0.2, 0.25) is 0 Å². The van der Waals surface area contributed by atoms with Gasteiger partial charge in [0, 0.05) is 37.8 Å². The lowest BCUT2D eigenvalue weighted by Crippen LogP contribution is -2.50. The van der Waals surface area contributed by atoms with Crippen molar-refractivity contribution < 1.29 is 17.7 Å². The van der Waals surface area contributed by atoms with Crippen LogP contribution in [0.15, 0.2) is 28.8 Å². The second kappa shape index (κ2) is 7.83. The van der Waals surface area contributed by atoms with Crippen LogP contribution in [0.1, 0.15) is 50.1 Å². The van der Waals surface area contributed by atoms with E-state index in [4.69, 9.17) is 4.52 Å². The molecule has 4 rings (SSSR count). The highest BCUT2D eigenvalue weighted by molar-refractivity contribution is 5.55. The number of nitrogens with zero attached hydrogens (tertiary/aromatic N) is 4. The summed E-state index contributed by atoms with van der Waals surface area (Å²) in [6.45, 7) is 5.93. The van der Waals surface area contributed by atoms with Gasteiger partial charge in [-0.3, -0.25) is 9.80 Å². The van der Waals surface area contributed by atoms with E-state index in [0.717, 1.165) is 44.4 Å². The molecule has 2 aromatic rings. The minimum absolute atomic E-state index is 0.0576. The molecule has 5 nitrogen and oxygen atoms in total. The minimum atomic E-state index is -4.39. The minimum Gasteiger partial charge on any atom is -0.337 e. The van der Waals surface area contributed by atoms with Gasteiger partial charge in [0.25, 0.3) is 0 Å². The summed E-state index contributed by atoms with van der Waals surface area (Å²) in [4.78, 5) is 9.26. The van der Waals surface area contributed by atoms with Gasteiger partial charge >= 0.3 is 6.18 Å². The predicted molar refractivity (Wildman–Crippen MR) is 98.6 cm³/mol. The zero-order valence-corrected chi connectivity index (χ0v) is 16.0. The lowest BCUT2D eigenvalue weighted by atomic mass is 10.1. The fraction of sp³-hybridized carbons (Fsp3) is 0.600. The Hall–Kier alpha value is -1.93. The summed E-state index contributed by atoms with van der Waals surface area (Å²) in [6, 6.07) is 5.69. The first-order chi connectivity index (χ1) is 13.4. The molecule has 2 heterocycles. The molecule has 2 aliphatic rings. The van der Waals surface area contributed by atoms with Crippen molar-refractivity contribution in [2.45, 2.75) is 50.9 Å². The number of hydrogen-bond acceptors (Lipinski definition) is 5. The van der Waals surface area contributed by atoms with Gasteiger partial charge in [-0.1, -0.05) is 30.1 Å². The van der Waals surface area contributed by atoms with Crippen molar-refractivity contribution in [2.24, 2.45) is 0 Å². The third kappa shape index (κ3) is 4.07. The average molecular weight is 394 g/mol. The Morgan fingerprint density at radius 2 is 1.82 bits per heavy atom. The van der Waals surface area contributed by atoms with E-state index in [1.165, 1.54) is 31.7 Å². The quantitative estimate of drug-likeness (QED) is 0.770. The monoisotopic (exact) mass is 394 g/mol. The molecule has 1 saturated carbocycles. The van der Waals surface area contributed by atoms with Crippen LogP contribution in [0.25, 0.3) is 11.4 Å². The van der Waals surface area contributed by atoms with Gasteiger partial charge in [0.15, 0.2) is 0 Å². The fourth-order valence-corrected chi connectivity index (χ4v) is 4.27. The van der Waals surface area contributed by atoms with Gasteiger partial charge in [-0.2, -0.15) is 18.2 Å². The summed E-state index contributed by atoms with van der Waals surface area (Å²) in [5.41, 5.74) is -0.407. The molecule has 1 unspecified atom stereocenters. The molecule has 8 heteroatoms. The van der Waals surface area contributed by atoms with Crippen LogP contribution in [0, 0.1) is 0 Å². The molecule has 1 aromatic heterocycles. The Labute approximate surface area is 162 Å².